The number of nitrogens with zero attached hydrogens (tertiary/aromatic N) is 1. The van der Waals surface area contributed by atoms with Gasteiger partial charge in [-0.25, -0.2) is 8.78 Å². The largest absolute Gasteiger partial charge is 0.355 e. The molecule has 0 saturated heterocycles. The molecule has 0 fully saturated rings. The minimum Gasteiger partial charge on any atom is -0.355 e. The number of thiophene rings is 1. The van der Waals surface area contributed by atoms with Crippen molar-refractivity contribution in [2.45, 2.75) is 0 Å². The van der Waals surface area contributed by atoms with Gasteiger partial charge in [0, 0.05) is 16.6 Å². The van der Waals surface area contributed by atoms with E-state index in [0.717, 1.165) is 10.9 Å². The van der Waals surface area contributed by atoms with Crippen molar-refractivity contribution in [2.75, 3.05) is 5.32 Å². The molecule has 0 aliphatic rings. The Morgan fingerprint density at radius 2 is 2.14 bits per heavy atom. The molecule has 0 bridgehead atoms. The van der Waals surface area contributed by atoms with Crippen molar-refractivity contribution in [3.8, 4) is 10.6 Å². The fourth-order valence-electron chi connectivity index (χ4n) is 1.76. The first-order valence-electron chi connectivity index (χ1n) is 6.01. The van der Waals surface area contributed by atoms with Crippen LogP contribution in [0.1, 0.15) is 10.5 Å². The third-order valence-corrected chi connectivity index (χ3v) is 4.26. The summed E-state index contributed by atoms with van der Waals surface area (Å²) in [6.45, 7) is 0. The van der Waals surface area contributed by atoms with E-state index < -0.39 is 17.5 Å². The summed E-state index contributed by atoms with van der Waals surface area (Å²) >= 11 is 4.44. The Labute approximate surface area is 135 Å². The fourth-order valence-corrected chi connectivity index (χ4v) is 2.94. The Balaban J connectivity index is 1.84. The molecule has 22 heavy (non-hydrogen) atoms. The maximum atomic E-state index is 13.7. The number of nitrogens with one attached hydrogen (secondary N) is 1. The fraction of sp³-hybridized carbons (Fsp3) is 0. The Kier molecular flexibility index (Phi) is 4.04. The zero-order valence-corrected chi connectivity index (χ0v) is 13.2. The second-order valence-corrected chi connectivity index (χ2v) is 6.05. The van der Waals surface area contributed by atoms with E-state index in [1.807, 2.05) is 17.5 Å². The maximum absolute atomic E-state index is 13.7. The first kappa shape index (κ1) is 14.9. The number of amides is 1. The molecule has 0 aliphatic heterocycles. The van der Waals surface area contributed by atoms with E-state index in [4.69, 9.17) is 4.52 Å². The van der Waals surface area contributed by atoms with Crippen LogP contribution in [0.25, 0.3) is 10.6 Å². The van der Waals surface area contributed by atoms with Crippen molar-refractivity contribution in [1.29, 1.82) is 0 Å². The highest BCUT2D eigenvalue weighted by Crippen LogP contribution is 2.28. The lowest BCUT2D eigenvalue weighted by Gasteiger charge is -2.07. The predicted octanol–water partition coefficient (Wildman–Crippen LogP) is 4.70. The smallest absolute Gasteiger partial charge is 0.277 e. The van der Waals surface area contributed by atoms with E-state index in [0.29, 0.717) is 11.8 Å². The van der Waals surface area contributed by atoms with Crippen molar-refractivity contribution in [3.05, 3.63) is 57.5 Å². The van der Waals surface area contributed by atoms with E-state index in [1.165, 1.54) is 17.4 Å². The lowest BCUT2D eigenvalue weighted by molar-refractivity contribution is 0.101. The summed E-state index contributed by atoms with van der Waals surface area (Å²) in [6.07, 6.45) is 0. The lowest BCUT2D eigenvalue weighted by atomic mass is 10.2. The van der Waals surface area contributed by atoms with E-state index in [1.54, 1.807) is 0 Å². The third kappa shape index (κ3) is 2.93. The van der Waals surface area contributed by atoms with Gasteiger partial charge in [0.05, 0.1) is 10.6 Å². The van der Waals surface area contributed by atoms with Crippen LogP contribution in [0.15, 0.2) is 44.7 Å². The van der Waals surface area contributed by atoms with Gasteiger partial charge in [0.2, 0.25) is 0 Å². The molecular weight excluding hydrogens is 378 g/mol. The molecule has 0 spiro atoms. The van der Waals surface area contributed by atoms with Gasteiger partial charge in [-0.05, 0) is 33.4 Å². The predicted molar refractivity (Wildman–Crippen MR) is 81.8 cm³/mol. The molecule has 0 saturated carbocycles. The second kappa shape index (κ2) is 5.98. The van der Waals surface area contributed by atoms with E-state index in [-0.39, 0.29) is 15.9 Å². The summed E-state index contributed by atoms with van der Waals surface area (Å²) in [5.74, 6) is -1.84. The van der Waals surface area contributed by atoms with Crippen LogP contribution in [0.2, 0.25) is 0 Å². The molecule has 3 rings (SSSR count). The highest BCUT2D eigenvalue weighted by Gasteiger charge is 2.18. The van der Waals surface area contributed by atoms with Crippen molar-refractivity contribution in [2.24, 2.45) is 0 Å². The zero-order chi connectivity index (χ0) is 15.7. The Morgan fingerprint density at radius 1 is 1.32 bits per heavy atom. The van der Waals surface area contributed by atoms with Crippen molar-refractivity contribution < 1.29 is 18.1 Å². The van der Waals surface area contributed by atoms with Crippen LogP contribution >= 0.6 is 27.3 Å². The second-order valence-electron chi connectivity index (χ2n) is 4.25. The van der Waals surface area contributed by atoms with E-state index in [9.17, 15) is 13.6 Å². The molecule has 3 aromatic rings. The van der Waals surface area contributed by atoms with Crippen LogP contribution in [-0.4, -0.2) is 11.1 Å². The van der Waals surface area contributed by atoms with Crippen LogP contribution < -0.4 is 5.32 Å². The molecule has 2 heterocycles. The van der Waals surface area contributed by atoms with Crippen LogP contribution in [0.4, 0.5) is 14.5 Å². The monoisotopic (exact) mass is 384 g/mol. The summed E-state index contributed by atoms with van der Waals surface area (Å²) in [4.78, 5) is 12.9. The highest BCUT2D eigenvalue weighted by atomic mass is 79.9. The first-order chi connectivity index (χ1) is 10.5. The molecule has 2 aromatic heterocycles. The number of halogens is 3. The van der Waals surface area contributed by atoms with Crippen LogP contribution in [0.5, 0.6) is 0 Å². The molecule has 0 aliphatic carbocycles. The quantitative estimate of drug-likeness (QED) is 0.712. The maximum Gasteiger partial charge on any atom is 0.277 e. The van der Waals surface area contributed by atoms with Gasteiger partial charge in [-0.1, -0.05) is 11.2 Å². The third-order valence-electron chi connectivity index (χ3n) is 2.75. The summed E-state index contributed by atoms with van der Waals surface area (Å²) < 4.78 is 31.9. The molecule has 112 valence electrons. The minimum atomic E-state index is -0.887. The van der Waals surface area contributed by atoms with Gasteiger partial charge in [-0.3, -0.25) is 4.79 Å². The number of aromatic nitrogens is 1. The van der Waals surface area contributed by atoms with Gasteiger partial charge in [-0.2, -0.15) is 0 Å². The number of benzene rings is 1. The molecule has 1 N–H and O–H groups in total. The Hall–Kier alpha value is -2.06. The molecule has 0 radical (unpaired) electrons. The van der Waals surface area contributed by atoms with Crippen LogP contribution in [0.3, 0.4) is 0 Å². The average Bonchev–Trinajstić information content (AvgIpc) is 3.12. The summed E-state index contributed by atoms with van der Waals surface area (Å²) in [6, 6.07) is 6.85. The Morgan fingerprint density at radius 3 is 2.82 bits per heavy atom. The van der Waals surface area contributed by atoms with Crippen LogP contribution in [-0.2, 0) is 0 Å². The molecule has 0 unspecified atom stereocenters. The molecule has 1 aromatic carbocycles. The summed E-state index contributed by atoms with van der Waals surface area (Å²) in [5, 5.41) is 7.85. The number of rotatable bonds is 3. The normalized spacial score (nSPS) is 10.7. The first-order valence-corrected chi connectivity index (χ1v) is 7.68. The highest BCUT2D eigenvalue weighted by molar-refractivity contribution is 9.10. The SMILES string of the molecule is O=C(Nc1c(F)cc(F)cc1Br)c1cc(-c2cccs2)on1. The van der Waals surface area contributed by atoms with Gasteiger partial charge in [-0.15, -0.1) is 11.3 Å². The van der Waals surface area contributed by atoms with Gasteiger partial charge in [0.15, 0.2) is 17.3 Å². The van der Waals surface area contributed by atoms with Gasteiger partial charge < -0.3 is 9.84 Å². The zero-order valence-electron chi connectivity index (χ0n) is 10.8. The molecule has 0 atom stereocenters. The number of carbonyl (C=O) groups is 1. The van der Waals surface area contributed by atoms with Gasteiger partial charge >= 0.3 is 0 Å². The standard InChI is InChI=1S/C14H7BrF2N2O2S/c15-8-4-7(16)5-9(17)13(8)18-14(20)10-6-11(21-19-10)12-2-1-3-22-12/h1-6H,(H,18,20). The summed E-state index contributed by atoms with van der Waals surface area (Å²) in [5.41, 5.74) is -0.161. The number of carbonyl (C=O) groups excluding carboxylic acids is 1. The number of hydrogen-bond donors (Lipinski definition) is 1. The van der Waals surface area contributed by atoms with Crippen molar-refractivity contribution in [1.82, 2.24) is 5.16 Å². The van der Waals surface area contributed by atoms with Gasteiger partial charge in [0.1, 0.15) is 5.82 Å². The van der Waals surface area contributed by atoms with Crippen LogP contribution in [0, 0.1) is 11.6 Å². The summed E-state index contributed by atoms with van der Waals surface area (Å²) in [7, 11) is 0. The molecule has 4 nitrogen and oxygen atoms in total. The lowest BCUT2D eigenvalue weighted by Crippen LogP contribution is -2.14. The molecule has 1 amide bonds. The molecule has 8 heteroatoms. The number of anilines is 1. The molecular formula is C14H7BrF2N2O2S. The van der Waals surface area contributed by atoms with E-state index >= 15 is 0 Å². The minimum absolute atomic E-state index is 0.000903. The topological polar surface area (TPSA) is 55.1 Å². The van der Waals surface area contributed by atoms with Crippen molar-refractivity contribution >= 4 is 38.9 Å². The average molecular weight is 385 g/mol. The van der Waals surface area contributed by atoms with Gasteiger partial charge in [0.25, 0.3) is 5.91 Å². The van der Waals surface area contributed by atoms with E-state index in [2.05, 4.69) is 26.4 Å². The number of hydrogen-bond acceptors (Lipinski definition) is 4. The Bertz CT molecular complexity index is 810. The van der Waals surface area contributed by atoms with Crippen molar-refractivity contribution in [3.63, 3.8) is 0 Å².